The summed E-state index contributed by atoms with van der Waals surface area (Å²) in [4.78, 5) is 32.1. The maximum Gasteiger partial charge on any atom is 0.328 e. The van der Waals surface area contributed by atoms with E-state index in [1.807, 2.05) is 24.4 Å². The second-order valence-corrected chi connectivity index (χ2v) is 8.74. The van der Waals surface area contributed by atoms with Crippen LogP contribution >= 0.6 is 34.0 Å². The van der Waals surface area contributed by atoms with Gasteiger partial charge >= 0.3 is 5.97 Å². The largest absolute Gasteiger partial charge is 0.545 e. The number of nitrogens with two attached hydrogens (primary N) is 1. The fourth-order valence-electron chi connectivity index (χ4n) is 2.52. The van der Waals surface area contributed by atoms with E-state index in [2.05, 4.69) is 45.0 Å². The van der Waals surface area contributed by atoms with E-state index in [0.717, 1.165) is 11.4 Å². The first-order valence-corrected chi connectivity index (χ1v) is 11.9. The molecule has 0 aliphatic heterocycles. The van der Waals surface area contributed by atoms with Gasteiger partial charge in [0.05, 0.1) is 17.4 Å². The van der Waals surface area contributed by atoms with E-state index < -0.39 is 11.9 Å². The number of rotatable bonds is 9. The summed E-state index contributed by atoms with van der Waals surface area (Å²) in [5.74, 6) is -2.59. The lowest BCUT2D eigenvalue weighted by Gasteiger charge is -2.08. The molecule has 3 aromatic heterocycles. The Morgan fingerprint density at radius 2 is 1.71 bits per heavy atom. The van der Waals surface area contributed by atoms with Crippen LogP contribution in [0.4, 0.5) is 0 Å². The fraction of sp³-hybridized carbons (Fsp3) is 0.136. The van der Waals surface area contributed by atoms with Gasteiger partial charge in [0.25, 0.3) is 0 Å². The molecule has 0 radical (unpaired) electrons. The molecule has 0 aliphatic rings. The van der Waals surface area contributed by atoms with Crippen LogP contribution in [0.5, 0.6) is 0 Å². The van der Waals surface area contributed by atoms with Crippen LogP contribution in [0.25, 0.3) is 5.57 Å². The van der Waals surface area contributed by atoms with Crippen molar-refractivity contribution in [2.75, 3.05) is 6.54 Å². The monoisotopic (exact) mass is 475 g/mol. The van der Waals surface area contributed by atoms with Gasteiger partial charge in [-0.25, -0.2) is 4.79 Å². The molecule has 3 rings (SSSR count). The summed E-state index contributed by atoms with van der Waals surface area (Å²) in [5.41, 5.74) is 3.75. The zero-order valence-corrected chi connectivity index (χ0v) is 19.0. The molecule has 0 amide bonds. The average molecular weight is 476 g/mol. The van der Waals surface area contributed by atoms with Crippen LogP contribution in [-0.2, 0) is 9.59 Å². The van der Waals surface area contributed by atoms with Crippen molar-refractivity contribution < 1.29 is 29.9 Å². The molecular weight excluding hydrogens is 454 g/mol. The SMILES string of the molecule is CC([NH2+]CC=C(c1ccsc1)c1ccsc1)C(=O)c1cccs1.O=C([O-])/C=C/C(=O)O. The van der Waals surface area contributed by atoms with E-state index in [1.54, 1.807) is 22.7 Å². The Morgan fingerprint density at radius 3 is 2.13 bits per heavy atom. The number of carboxylic acid groups (broad SMARTS) is 2. The molecule has 0 aliphatic carbocycles. The zero-order chi connectivity index (χ0) is 22.6. The van der Waals surface area contributed by atoms with E-state index in [4.69, 9.17) is 5.11 Å². The Hall–Kier alpha value is -2.85. The normalized spacial score (nSPS) is 11.4. The highest BCUT2D eigenvalue weighted by Gasteiger charge is 2.18. The number of aliphatic carboxylic acids is 2. The number of hydrogen-bond donors (Lipinski definition) is 2. The number of Topliss-reactive ketones (excluding diaryl/α,β-unsaturated/α-hetero) is 1. The van der Waals surface area contributed by atoms with Gasteiger partial charge < -0.3 is 20.3 Å². The Morgan fingerprint density at radius 1 is 1.06 bits per heavy atom. The summed E-state index contributed by atoms with van der Waals surface area (Å²) in [6.07, 6.45) is 3.17. The van der Waals surface area contributed by atoms with Gasteiger partial charge in [0.1, 0.15) is 6.04 Å². The fourth-order valence-corrected chi connectivity index (χ4v) is 4.59. The summed E-state index contributed by atoms with van der Waals surface area (Å²) < 4.78 is 0. The molecule has 0 bridgehead atoms. The van der Waals surface area contributed by atoms with Gasteiger partial charge in [0, 0.05) is 6.08 Å². The number of carbonyl (C=O) groups is 3. The Bertz CT molecular complexity index is 967. The number of carbonyl (C=O) groups excluding carboxylic acids is 2. The van der Waals surface area contributed by atoms with Crippen LogP contribution < -0.4 is 10.4 Å². The van der Waals surface area contributed by atoms with Crippen molar-refractivity contribution in [1.82, 2.24) is 0 Å². The standard InChI is InChI=1S/C18H17NOS3.C4H4O4/c1-13(18(20)17-3-2-8-23-17)19-7-4-16(14-5-9-21-11-14)15-6-10-22-12-15;5-3(6)1-2-4(7)8/h2-6,8-13,19H,7H2,1H3;1-2H,(H,5,6)(H,7,8)/b;2-1+. The average Bonchev–Trinajstić information content (AvgIpc) is 3.51. The minimum atomic E-state index is -1.51. The molecule has 31 heavy (non-hydrogen) atoms. The molecule has 0 aromatic carbocycles. The third-order valence-electron chi connectivity index (χ3n) is 4.02. The molecular formula is C22H21NO5S3. The van der Waals surface area contributed by atoms with Gasteiger partial charge in [-0.15, -0.1) is 11.3 Å². The second kappa shape index (κ2) is 12.8. The Labute approximate surface area is 191 Å². The maximum absolute atomic E-state index is 12.3. The van der Waals surface area contributed by atoms with E-state index in [0.29, 0.717) is 12.2 Å². The first-order valence-electron chi connectivity index (χ1n) is 9.16. The minimum absolute atomic E-state index is 0.0592. The Kier molecular flexibility index (Phi) is 10.0. The van der Waals surface area contributed by atoms with Crippen LogP contribution in [0.15, 0.2) is 69.4 Å². The quantitative estimate of drug-likeness (QED) is 0.365. The minimum Gasteiger partial charge on any atom is -0.545 e. The van der Waals surface area contributed by atoms with E-state index in [1.165, 1.54) is 28.0 Å². The maximum atomic E-state index is 12.3. The van der Waals surface area contributed by atoms with Crippen LogP contribution in [0.3, 0.4) is 0 Å². The summed E-state index contributed by atoms with van der Waals surface area (Å²) in [6.45, 7) is 2.77. The number of ketones is 1. The summed E-state index contributed by atoms with van der Waals surface area (Å²) in [6, 6.07) is 8.06. The van der Waals surface area contributed by atoms with Crippen molar-refractivity contribution in [3.8, 4) is 0 Å². The summed E-state index contributed by atoms with van der Waals surface area (Å²) in [7, 11) is 0. The highest BCUT2D eigenvalue weighted by Crippen LogP contribution is 2.26. The second-order valence-electron chi connectivity index (χ2n) is 6.23. The molecule has 6 nitrogen and oxygen atoms in total. The third-order valence-corrected chi connectivity index (χ3v) is 6.27. The topological polar surface area (TPSA) is 111 Å². The van der Waals surface area contributed by atoms with Crippen LogP contribution in [0.2, 0.25) is 0 Å². The smallest absolute Gasteiger partial charge is 0.328 e. The van der Waals surface area contributed by atoms with Gasteiger partial charge in [0.15, 0.2) is 0 Å². The van der Waals surface area contributed by atoms with E-state index in [9.17, 15) is 19.5 Å². The van der Waals surface area contributed by atoms with E-state index in [-0.39, 0.29) is 11.8 Å². The van der Waals surface area contributed by atoms with Crippen molar-refractivity contribution in [1.29, 1.82) is 0 Å². The van der Waals surface area contributed by atoms with Gasteiger partial charge in [-0.3, -0.25) is 4.79 Å². The predicted octanol–water partition coefficient (Wildman–Crippen LogP) is 2.51. The van der Waals surface area contributed by atoms with Gasteiger partial charge in [0.2, 0.25) is 5.78 Å². The van der Waals surface area contributed by atoms with Gasteiger partial charge in [-0.1, -0.05) is 6.07 Å². The molecule has 9 heteroatoms. The number of hydrogen-bond acceptors (Lipinski definition) is 7. The first-order chi connectivity index (χ1) is 14.9. The lowest BCUT2D eigenvalue weighted by atomic mass is 10.0. The molecule has 0 fully saturated rings. The first kappa shape index (κ1) is 24.4. The molecule has 1 unspecified atom stereocenters. The molecule has 0 saturated carbocycles. The molecule has 0 saturated heterocycles. The van der Waals surface area contributed by atoms with Crippen LogP contribution in [0.1, 0.15) is 27.7 Å². The van der Waals surface area contributed by atoms with Gasteiger partial charge in [-0.2, -0.15) is 22.7 Å². The van der Waals surface area contributed by atoms with Gasteiger partial charge in [-0.05, 0) is 80.9 Å². The Balaban J connectivity index is 0.000000366. The lowest BCUT2D eigenvalue weighted by molar-refractivity contribution is -0.663. The molecule has 1 atom stereocenters. The van der Waals surface area contributed by atoms with Crippen molar-refractivity contribution in [2.45, 2.75) is 13.0 Å². The molecule has 3 aromatic rings. The molecule has 3 N–H and O–H groups in total. The molecule has 3 heterocycles. The summed E-state index contributed by atoms with van der Waals surface area (Å²) >= 11 is 4.93. The highest BCUT2D eigenvalue weighted by molar-refractivity contribution is 7.12. The van der Waals surface area contributed by atoms with Crippen molar-refractivity contribution in [2.24, 2.45) is 0 Å². The molecule has 0 spiro atoms. The van der Waals surface area contributed by atoms with E-state index >= 15 is 0 Å². The number of quaternary nitrogens is 1. The number of carboxylic acids is 2. The van der Waals surface area contributed by atoms with Crippen LogP contribution in [-0.4, -0.2) is 35.4 Å². The van der Waals surface area contributed by atoms with Crippen molar-refractivity contribution in [3.05, 3.63) is 85.4 Å². The van der Waals surface area contributed by atoms with Crippen LogP contribution in [0, 0.1) is 0 Å². The number of thiophene rings is 3. The zero-order valence-electron chi connectivity index (χ0n) is 16.6. The third kappa shape index (κ3) is 8.42. The van der Waals surface area contributed by atoms with Crippen molar-refractivity contribution in [3.63, 3.8) is 0 Å². The highest BCUT2D eigenvalue weighted by atomic mass is 32.1. The lowest BCUT2D eigenvalue weighted by Crippen LogP contribution is -2.90. The summed E-state index contributed by atoms with van der Waals surface area (Å²) in [5, 5.41) is 29.8. The molecule has 162 valence electrons. The predicted molar refractivity (Wildman–Crippen MR) is 122 cm³/mol. The van der Waals surface area contributed by atoms with Crippen molar-refractivity contribution >= 4 is 57.3 Å².